The minimum Gasteiger partial charge on any atom is -0.477 e. The number of carbonyl (C=O) groups is 1. The molecule has 0 bridgehead atoms. The lowest BCUT2D eigenvalue weighted by atomic mass is 10.1. The van der Waals surface area contributed by atoms with Gasteiger partial charge in [0.1, 0.15) is 11.5 Å². The summed E-state index contributed by atoms with van der Waals surface area (Å²) in [5.41, 5.74) is 9.41. The lowest BCUT2D eigenvalue weighted by Crippen LogP contribution is -2.14. The van der Waals surface area contributed by atoms with E-state index in [4.69, 9.17) is 27.5 Å². The molecule has 0 fully saturated rings. The van der Waals surface area contributed by atoms with Crippen molar-refractivity contribution in [1.82, 2.24) is 15.0 Å². The number of H-pyrrole nitrogens is 1. The quantitative estimate of drug-likeness (QED) is 0.268. The van der Waals surface area contributed by atoms with Gasteiger partial charge in [0.25, 0.3) is 0 Å². The van der Waals surface area contributed by atoms with Crippen molar-refractivity contribution >= 4 is 29.2 Å². The van der Waals surface area contributed by atoms with Crippen LogP contribution in [-0.2, 0) is 0 Å². The Morgan fingerprint density at radius 2 is 1.97 bits per heavy atom. The lowest BCUT2D eigenvalue weighted by molar-refractivity contribution is 0.0691. The fraction of sp³-hybridized carbons (Fsp3) is 0.125. The van der Waals surface area contributed by atoms with Crippen molar-refractivity contribution in [2.75, 3.05) is 11.9 Å². The molecule has 0 aliphatic carbocycles. The van der Waals surface area contributed by atoms with Crippen molar-refractivity contribution in [3.63, 3.8) is 0 Å². The second-order valence-electron chi connectivity index (χ2n) is 7.29. The average molecular weight is 484 g/mol. The number of anilines is 2. The molecule has 0 saturated carbocycles. The molecular formula is C24H23ClFN5O3. The summed E-state index contributed by atoms with van der Waals surface area (Å²) in [5.74, 6) is -1.02. The number of hydrogen-bond donors (Lipinski definition) is 5. The number of carboxylic acid groups (broad SMARTS) is 1. The molecule has 0 amide bonds. The zero-order valence-electron chi connectivity index (χ0n) is 18.2. The molecule has 0 saturated heterocycles. The van der Waals surface area contributed by atoms with Crippen LogP contribution in [0.4, 0.5) is 16.0 Å². The number of hydrogen-bond acceptors (Lipinski definition) is 6. The van der Waals surface area contributed by atoms with E-state index in [1.165, 1.54) is 18.2 Å². The fourth-order valence-corrected chi connectivity index (χ4v) is 3.14. The summed E-state index contributed by atoms with van der Waals surface area (Å²) in [6.45, 7) is 1.71. The molecule has 0 radical (unpaired) electrons. The molecule has 0 aliphatic rings. The van der Waals surface area contributed by atoms with Crippen LogP contribution in [0.3, 0.4) is 0 Å². The minimum absolute atomic E-state index is 0.0244. The second kappa shape index (κ2) is 11.4. The summed E-state index contributed by atoms with van der Waals surface area (Å²) in [5, 5.41) is 20.8. The van der Waals surface area contributed by atoms with Gasteiger partial charge in [-0.1, -0.05) is 35.9 Å². The van der Waals surface area contributed by atoms with Crippen molar-refractivity contribution in [1.29, 1.82) is 0 Å². The van der Waals surface area contributed by atoms with E-state index in [0.717, 1.165) is 11.3 Å². The molecule has 2 heterocycles. The first-order valence-corrected chi connectivity index (χ1v) is 10.6. The highest BCUT2D eigenvalue weighted by Gasteiger charge is 2.12. The van der Waals surface area contributed by atoms with Gasteiger partial charge in [-0.25, -0.2) is 19.2 Å². The minimum atomic E-state index is -0.999. The number of aryl methyl sites for hydroxylation is 1. The van der Waals surface area contributed by atoms with Crippen LogP contribution in [0.5, 0.6) is 0 Å². The number of aromatic carboxylic acids is 1. The van der Waals surface area contributed by atoms with Gasteiger partial charge in [-0.05, 0) is 48.4 Å². The van der Waals surface area contributed by atoms with Crippen molar-refractivity contribution < 1.29 is 19.4 Å². The molecule has 4 rings (SSSR count). The van der Waals surface area contributed by atoms with Gasteiger partial charge in [0.15, 0.2) is 0 Å². The van der Waals surface area contributed by atoms with Crippen LogP contribution in [0.1, 0.15) is 27.7 Å². The first-order valence-electron chi connectivity index (χ1n) is 10.2. The molecule has 6 N–H and O–H groups in total. The van der Waals surface area contributed by atoms with Crippen LogP contribution in [-0.4, -0.2) is 37.7 Å². The van der Waals surface area contributed by atoms with Gasteiger partial charge in [0, 0.05) is 23.6 Å². The number of nitrogens with zero attached hydrogens (tertiary/aromatic N) is 2. The number of benzene rings is 2. The van der Waals surface area contributed by atoms with Gasteiger partial charge in [0.2, 0.25) is 5.95 Å². The smallest absolute Gasteiger partial charge is 0.352 e. The highest BCUT2D eigenvalue weighted by molar-refractivity contribution is 6.30. The van der Waals surface area contributed by atoms with Crippen LogP contribution in [0.25, 0.3) is 11.3 Å². The number of para-hydroxylation sites is 1. The Morgan fingerprint density at radius 1 is 1.24 bits per heavy atom. The van der Waals surface area contributed by atoms with E-state index in [-0.39, 0.29) is 17.3 Å². The molecule has 1 atom stereocenters. The highest BCUT2D eigenvalue weighted by atomic mass is 35.5. The van der Waals surface area contributed by atoms with Crippen molar-refractivity contribution in [3.8, 4) is 11.3 Å². The van der Waals surface area contributed by atoms with Crippen LogP contribution in [0, 0.1) is 12.7 Å². The Balaban J connectivity index is 0.000000229. The van der Waals surface area contributed by atoms with E-state index in [1.807, 2.05) is 37.3 Å². The zero-order chi connectivity index (χ0) is 24.7. The third kappa shape index (κ3) is 6.38. The molecule has 34 heavy (non-hydrogen) atoms. The Hall–Kier alpha value is -3.79. The number of aromatic nitrogens is 3. The van der Waals surface area contributed by atoms with Crippen molar-refractivity contribution in [3.05, 3.63) is 94.7 Å². The summed E-state index contributed by atoms with van der Waals surface area (Å²) in [7, 11) is 0. The van der Waals surface area contributed by atoms with E-state index in [9.17, 15) is 9.18 Å². The summed E-state index contributed by atoms with van der Waals surface area (Å²) in [6, 6.07) is 14.8. The maximum absolute atomic E-state index is 12.6. The Bertz CT molecular complexity index is 1270. The number of aliphatic hydroxyl groups excluding tert-OH is 1. The highest BCUT2D eigenvalue weighted by Crippen LogP contribution is 2.24. The molecule has 1 unspecified atom stereocenters. The topological polar surface area (TPSA) is 137 Å². The number of nitrogens with two attached hydrogens (primary N) is 1. The summed E-state index contributed by atoms with van der Waals surface area (Å²) in [4.78, 5) is 22.4. The molecule has 2 aromatic carbocycles. The number of rotatable bonds is 6. The number of aliphatic hydroxyl groups is 1. The molecule has 4 aromatic rings. The number of nitrogens with one attached hydrogen (secondary N) is 2. The van der Waals surface area contributed by atoms with Crippen molar-refractivity contribution in [2.45, 2.75) is 13.0 Å². The van der Waals surface area contributed by atoms with Gasteiger partial charge in [-0.3, -0.25) is 0 Å². The third-order valence-corrected chi connectivity index (χ3v) is 5.05. The monoisotopic (exact) mass is 483 g/mol. The van der Waals surface area contributed by atoms with E-state index >= 15 is 0 Å². The Morgan fingerprint density at radius 3 is 2.59 bits per heavy atom. The van der Waals surface area contributed by atoms with Crippen LogP contribution < -0.4 is 11.1 Å². The molecule has 2 aromatic heterocycles. The van der Waals surface area contributed by atoms with Crippen LogP contribution in [0.15, 0.2) is 67.0 Å². The molecular weight excluding hydrogens is 461 g/mol. The van der Waals surface area contributed by atoms with Gasteiger partial charge < -0.3 is 26.2 Å². The normalized spacial score (nSPS) is 11.3. The summed E-state index contributed by atoms with van der Waals surface area (Å²) < 4.78 is 12.6. The molecule has 10 heteroatoms. The van der Waals surface area contributed by atoms with E-state index in [2.05, 4.69) is 20.3 Å². The molecule has 176 valence electrons. The van der Waals surface area contributed by atoms with Gasteiger partial charge in [-0.2, -0.15) is 0 Å². The number of carboxylic acids is 1. The largest absolute Gasteiger partial charge is 0.477 e. The lowest BCUT2D eigenvalue weighted by Gasteiger charge is -2.08. The van der Waals surface area contributed by atoms with E-state index in [0.29, 0.717) is 22.8 Å². The first kappa shape index (κ1) is 24.8. The molecule has 0 aliphatic heterocycles. The number of halogens is 2. The SMILES string of the molecule is Cc1cnc(Nc2ccccc2)nc1-c1c[nH]c(C(=O)O)c1.NC(CO)c1ccc(F)c(Cl)c1. The Kier molecular flexibility index (Phi) is 8.31. The standard InChI is InChI=1S/C16H14N4O2.C8H9ClFNO/c1-10-8-18-16(19-12-5-3-2-4-6-12)20-14(10)11-7-13(15(21)22)17-9-11;9-6-3-5(8(11)4-12)1-2-7(6)10/h2-9,17H,1H3,(H,21,22)(H,18,19,20);1-3,8,12H,4,11H2. The van der Waals surface area contributed by atoms with Crippen molar-refractivity contribution in [2.24, 2.45) is 5.73 Å². The maximum Gasteiger partial charge on any atom is 0.352 e. The van der Waals surface area contributed by atoms with Gasteiger partial charge >= 0.3 is 5.97 Å². The summed E-state index contributed by atoms with van der Waals surface area (Å²) >= 11 is 5.50. The second-order valence-corrected chi connectivity index (χ2v) is 7.69. The fourth-order valence-electron chi connectivity index (χ4n) is 2.95. The van der Waals surface area contributed by atoms with E-state index < -0.39 is 17.8 Å². The maximum atomic E-state index is 12.6. The number of aromatic amines is 1. The van der Waals surface area contributed by atoms with Gasteiger partial charge in [0.05, 0.1) is 23.4 Å². The zero-order valence-corrected chi connectivity index (χ0v) is 18.9. The molecule has 0 spiro atoms. The third-order valence-electron chi connectivity index (χ3n) is 4.76. The van der Waals surface area contributed by atoms with E-state index in [1.54, 1.807) is 18.5 Å². The summed E-state index contributed by atoms with van der Waals surface area (Å²) in [6.07, 6.45) is 3.34. The molecule has 8 nitrogen and oxygen atoms in total. The van der Waals surface area contributed by atoms with Crippen LogP contribution in [0.2, 0.25) is 5.02 Å². The first-order chi connectivity index (χ1) is 16.3. The Labute approximate surface area is 200 Å². The van der Waals surface area contributed by atoms with Crippen LogP contribution >= 0.6 is 11.6 Å². The average Bonchev–Trinajstić information content (AvgIpc) is 3.33. The predicted molar refractivity (Wildman–Crippen MR) is 129 cm³/mol. The van der Waals surface area contributed by atoms with Gasteiger partial charge in [-0.15, -0.1) is 0 Å². The predicted octanol–water partition coefficient (Wildman–Crippen LogP) is 4.69.